The Morgan fingerprint density at radius 1 is 1.15 bits per heavy atom. The van der Waals surface area contributed by atoms with Gasteiger partial charge in [0.25, 0.3) is 5.91 Å². The summed E-state index contributed by atoms with van der Waals surface area (Å²) < 4.78 is 0. The molecule has 2 N–H and O–H groups in total. The van der Waals surface area contributed by atoms with Crippen molar-refractivity contribution < 1.29 is 14.4 Å². The van der Waals surface area contributed by atoms with Gasteiger partial charge < -0.3 is 5.73 Å². The second-order valence-electron chi connectivity index (χ2n) is 8.46. The number of rotatable bonds is 3. The first-order chi connectivity index (χ1) is 12.5. The summed E-state index contributed by atoms with van der Waals surface area (Å²) in [6.07, 6.45) is 7.01. The Balaban J connectivity index is 1.58. The maximum absolute atomic E-state index is 13.2. The molecule has 26 heavy (non-hydrogen) atoms. The molecule has 1 saturated heterocycles. The standard InChI is InChI=1S/C20H24N2O3S/c1-2-9-3-6-12-13(7-9)26-20(16(12)17(21)23)22-18(24)14-10-4-5-11(8-10)15(14)19(22)25/h9-11,14-15H,2-8H2,1H3,(H2,21,23)/t9-,10+,11+,14-,15+/m1/s1. The largest absolute Gasteiger partial charge is 0.365 e. The van der Waals surface area contributed by atoms with Gasteiger partial charge in [0.2, 0.25) is 11.8 Å². The molecular weight excluding hydrogens is 348 g/mol. The number of fused-ring (bicyclic) bond motifs is 6. The number of thiophene rings is 1. The first-order valence-electron chi connectivity index (χ1n) is 9.83. The van der Waals surface area contributed by atoms with E-state index in [1.165, 1.54) is 16.2 Å². The molecule has 0 spiro atoms. The lowest BCUT2D eigenvalue weighted by Gasteiger charge is -2.20. The van der Waals surface area contributed by atoms with Crippen LogP contribution in [0.4, 0.5) is 5.00 Å². The van der Waals surface area contributed by atoms with Crippen LogP contribution in [0.2, 0.25) is 0 Å². The van der Waals surface area contributed by atoms with Gasteiger partial charge in [-0.15, -0.1) is 11.3 Å². The summed E-state index contributed by atoms with van der Waals surface area (Å²) in [5, 5.41) is 0.517. The third-order valence-corrected chi connectivity index (χ3v) is 8.54. The number of imide groups is 1. The predicted octanol–water partition coefficient (Wildman–Crippen LogP) is 2.90. The van der Waals surface area contributed by atoms with Gasteiger partial charge in [-0.3, -0.25) is 14.4 Å². The van der Waals surface area contributed by atoms with Gasteiger partial charge in [0, 0.05) is 4.88 Å². The third kappa shape index (κ3) is 2.05. The zero-order valence-corrected chi connectivity index (χ0v) is 15.8. The molecule has 0 aromatic carbocycles. The molecule has 6 heteroatoms. The highest BCUT2D eigenvalue weighted by Crippen LogP contribution is 2.57. The first-order valence-corrected chi connectivity index (χ1v) is 10.6. The molecule has 3 amide bonds. The van der Waals surface area contributed by atoms with Gasteiger partial charge in [0.05, 0.1) is 17.4 Å². The lowest BCUT2D eigenvalue weighted by molar-refractivity contribution is -0.123. The number of nitrogens with zero attached hydrogens (tertiary/aromatic N) is 1. The molecule has 138 valence electrons. The highest BCUT2D eigenvalue weighted by Gasteiger charge is 2.61. The van der Waals surface area contributed by atoms with Crippen LogP contribution in [0.1, 0.15) is 59.8 Å². The summed E-state index contributed by atoms with van der Waals surface area (Å²) in [5.74, 6) is 0.308. The summed E-state index contributed by atoms with van der Waals surface area (Å²) in [4.78, 5) is 41.1. The molecule has 3 aliphatic carbocycles. The van der Waals surface area contributed by atoms with Gasteiger partial charge in [0.15, 0.2) is 0 Å². The second kappa shape index (κ2) is 5.65. The van der Waals surface area contributed by atoms with Crippen LogP contribution in [0.3, 0.4) is 0 Å². The summed E-state index contributed by atoms with van der Waals surface area (Å²) >= 11 is 1.46. The molecule has 5 nitrogen and oxygen atoms in total. The van der Waals surface area contributed by atoms with Gasteiger partial charge in [-0.2, -0.15) is 0 Å². The second-order valence-corrected chi connectivity index (χ2v) is 9.55. The molecule has 5 rings (SSSR count). The lowest BCUT2D eigenvalue weighted by atomic mass is 9.81. The SMILES string of the molecule is CC[C@@H]1CCc2c(sc(N3C(=O)[C@@H]4[C@H]5CC[C@@H](C5)[C@@H]4C3=O)c2C(N)=O)C1. The Labute approximate surface area is 156 Å². The molecule has 1 aliphatic heterocycles. The van der Waals surface area contributed by atoms with Gasteiger partial charge >= 0.3 is 0 Å². The summed E-state index contributed by atoms with van der Waals surface area (Å²) in [5.41, 5.74) is 7.14. The Kier molecular flexibility index (Phi) is 3.58. The van der Waals surface area contributed by atoms with E-state index in [4.69, 9.17) is 5.73 Å². The van der Waals surface area contributed by atoms with E-state index >= 15 is 0 Å². The fourth-order valence-corrected chi connectivity index (χ4v) is 7.49. The fourth-order valence-electron chi connectivity index (χ4n) is 6.01. The molecule has 3 fully saturated rings. The quantitative estimate of drug-likeness (QED) is 0.829. The van der Waals surface area contributed by atoms with Crippen molar-refractivity contribution in [2.75, 3.05) is 4.90 Å². The van der Waals surface area contributed by atoms with E-state index in [1.807, 2.05) is 0 Å². The molecule has 4 aliphatic rings. The molecule has 2 bridgehead atoms. The van der Waals surface area contributed by atoms with E-state index in [-0.39, 0.29) is 23.7 Å². The van der Waals surface area contributed by atoms with E-state index in [1.54, 1.807) is 0 Å². The molecule has 2 heterocycles. The molecule has 5 atom stereocenters. The van der Waals surface area contributed by atoms with Crippen molar-refractivity contribution in [1.82, 2.24) is 0 Å². The Hall–Kier alpha value is -1.69. The molecule has 0 radical (unpaired) electrons. The molecule has 1 aromatic heterocycles. The number of nitrogens with two attached hydrogens (primary N) is 1. The van der Waals surface area contributed by atoms with Crippen molar-refractivity contribution in [3.05, 3.63) is 16.0 Å². The topological polar surface area (TPSA) is 80.5 Å². The maximum atomic E-state index is 13.2. The van der Waals surface area contributed by atoms with Crippen molar-refractivity contribution in [2.24, 2.45) is 35.3 Å². The van der Waals surface area contributed by atoms with Crippen LogP contribution in [0.25, 0.3) is 0 Å². The van der Waals surface area contributed by atoms with Crippen LogP contribution < -0.4 is 10.6 Å². The lowest BCUT2D eigenvalue weighted by Crippen LogP contribution is -2.33. The fraction of sp³-hybridized carbons (Fsp3) is 0.650. The Morgan fingerprint density at radius 3 is 2.38 bits per heavy atom. The van der Waals surface area contributed by atoms with E-state index < -0.39 is 5.91 Å². The zero-order valence-electron chi connectivity index (χ0n) is 15.0. The minimum atomic E-state index is -0.506. The van der Waals surface area contributed by atoms with Gasteiger partial charge in [-0.05, 0) is 61.8 Å². The number of primary amides is 1. The molecular formula is C20H24N2O3S. The third-order valence-electron chi connectivity index (χ3n) is 7.30. The van der Waals surface area contributed by atoms with Gasteiger partial charge in [-0.25, -0.2) is 4.90 Å². The average Bonchev–Trinajstić information content (AvgIpc) is 3.35. The minimum absolute atomic E-state index is 0.0830. The van der Waals surface area contributed by atoms with Crippen LogP contribution in [0, 0.1) is 29.6 Å². The van der Waals surface area contributed by atoms with E-state index in [0.29, 0.717) is 28.3 Å². The van der Waals surface area contributed by atoms with Crippen molar-refractivity contribution in [2.45, 2.75) is 51.9 Å². The first kappa shape index (κ1) is 16.5. The van der Waals surface area contributed by atoms with Crippen LogP contribution in [-0.4, -0.2) is 17.7 Å². The zero-order chi connectivity index (χ0) is 18.2. The van der Waals surface area contributed by atoms with Crippen molar-refractivity contribution in [3.63, 3.8) is 0 Å². The summed E-state index contributed by atoms with van der Waals surface area (Å²) in [7, 11) is 0. The molecule has 1 aromatic rings. The molecule has 2 saturated carbocycles. The van der Waals surface area contributed by atoms with Crippen LogP contribution in [0.5, 0.6) is 0 Å². The smallest absolute Gasteiger partial charge is 0.252 e. The van der Waals surface area contributed by atoms with Crippen molar-refractivity contribution in [3.8, 4) is 0 Å². The summed E-state index contributed by atoms with van der Waals surface area (Å²) in [6.45, 7) is 2.18. The summed E-state index contributed by atoms with van der Waals surface area (Å²) in [6, 6.07) is 0. The number of amides is 3. The number of carbonyl (C=O) groups excluding carboxylic acids is 3. The van der Waals surface area contributed by atoms with Gasteiger partial charge in [0.1, 0.15) is 5.00 Å². The highest BCUT2D eigenvalue weighted by molar-refractivity contribution is 7.17. The van der Waals surface area contributed by atoms with E-state index in [2.05, 4.69) is 6.92 Å². The van der Waals surface area contributed by atoms with Crippen LogP contribution in [-0.2, 0) is 22.4 Å². The Bertz CT molecular complexity index is 801. The number of hydrogen-bond donors (Lipinski definition) is 1. The Morgan fingerprint density at radius 2 is 1.81 bits per heavy atom. The van der Waals surface area contributed by atoms with Crippen molar-refractivity contribution >= 4 is 34.1 Å². The normalized spacial score (nSPS) is 35.1. The van der Waals surface area contributed by atoms with Crippen LogP contribution >= 0.6 is 11.3 Å². The predicted molar refractivity (Wildman–Crippen MR) is 98.9 cm³/mol. The van der Waals surface area contributed by atoms with E-state index in [0.717, 1.165) is 55.4 Å². The van der Waals surface area contributed by atoms with E-state index in [9.17, 15) is 14.4 Å². The highest BCUT2D eigenvalue weighted by atomic mass is 32.1. The van der Waals surface area contributed by atoms with Gasteiger partial charge in [-0.1, -0.05) is 13.3 Å². The monoisotopic (exact) mass is 372 g/mol. The van der Waals surface area contributed by atoms with Crippen LogP contribution in [0.15, 0.2) is 0 Å². The minimum Gasteiger partial charge on any atom is -0.365 e. The maximum Gasteiger partial charge on any atom is 0.252 e. The number of carbonyl (C=O) groups is 3. The van der Waals surface area contributed by atoms with Crippen molar-refractivity contribution in [1.29, 1.82) is 0 Å². The number of anilines is 1. The number of hydrogen-bond acceptors (Lipinski definition) is 4. The average molecular weight is 372 g/mol. The molecule has 0 unspecified atom stereocenters.